The van der Waals surface area contributed by atoms with Crippen LogP contribution in [-0.4, -0.2) is 12.6 Å². The molecule has 114 valence electrons. The maximum Gasteiger partial charge on any atom is 0.0195 e. The fourth-order valence-corrected chi connectivity index (χ4v) is 3.34. The van der Waals surface area contributed by atoms with Gasteiger partial charge in [-0.2, -0.15) is 0 Å². The lowest BCUT2D eigenvalue weighted by atomic mass is 9.88. The van der Waals surface area contributed by atoms with Crippen molar-refractivity contribution in [3.63, 3.8) is 0 Å². The maximum atomic E-state index is 3.42. The van der Waals surface area contributed by atoms with Gasteiger partial charge in [0.15, 0.2) is 0 Å². The number of hydrogen-bond donors (Lipinski definition) is 1. The van der Waals surface area contributed by atoms with Crippen molar-refractivity contribution in [3.05, 3.63) is 0 Å². The average molecular weight is 268 g/mol. The second-order valence-corrected chi connectivity index (χ2v) is 7.32. The molecule has 0 aromatic heterocycles. The van der Waals surface area contributed by atoms with Gasteiger partial charge in [0.05, 0.1) is 0 Å². The Kier molecular flexibility index (Phi) is 8.77. The number of unbranched alkanes of at least 4 members (excludes halogenated alkanes) is 2. The third-order valence-electron chi connectivity index (χ3n) is 4.68. The van der Waals surface area contributed by atoms with E-state index in [1.165, 1.54) is 64.3 Å². The van der Waals surface area contributed by atoms with Gasteiger partial charge in [0, 0.05) is 12.6 Å². The third kappa shape index (κ3) is 9.49. The Balaban J connectivity index is 1.94. The van der Waals surface area contributed by atoms with Crippen LogP contribution in [0, 0.1) is 17.8 Å². The molecular formula is C18H37N. The van der Waals surface area contributed by atoms with Gasteiger partial charge in [0.25, 0.3) is 0 Å². The highest BCUT2D eigenvalue weighted by atomic mass is 15.1. The van der Waals surface area contributed by atoms with Crippen LogP contribution in [0.15, 0.2) is 0 Å². The van der Waals surface area contributed by atoms with Gasteiger partial charge < -0.3 is 5.32 Å². The molecule has 1 N–H and O–H groups in total. The summed E-state index contributed by atoms with van der Waals surface area (Å²) in [7, 11) is 0. The Hall–Kier alpha value is -0.0400. The molecular weight excluding hydrogens is 230 g/mol. The molecule has 1 aliphatic heterocycles. The highest BCUT2D eigenvalue weighted by Crippen LogP contribution is 2.24. The minimum Gasteiger partial charge on any atom is -0.311 e. The van der Waals surface area contributed by atoms with E-state index in [9.17, 15) is 0 Å². The zero-order valence-corrected chi connectivity index (χ0v) is 13.9. The SMILES string of the molecule is CCCCCC(C)CCCC(C)CC(C)CC1CN1. The highest BCUT2D eigenvalue weighted by molar-refractivity contribution is 4.84. The molecule has 1 fully saturated rings. The monoisotopic (exact) mass is 267 g/mol. The van der Waals surface area contributed by atoms with Crippen LogP contribution in [0.3, 0.4) is 0 Å². The summed E-state index contributed by atoms with van der Waals surface area (Å²) in [6, 6.07) is 0.862. The Labute approximate surface area is 121 Å². The first kappa shape index (κ1) is 17.0. The predicted molar refractivity (Wildman–Crippen MR) is 86.5 cm³/mol. The van der Waals surface area contributed by atoms with E-state index in [4.69, 9.17) is 0 Å². The van der Waals surface area contributed by atoms with Crippen LogP contribution in [-0.2, 0) is 0 Å². The van der Waals surface area contributed by atoms with E-state index in [2.05, 4.69) is 33.0 Å². The molecule has 0 radical (unpaired) electrons. The Bertz CT molecular complexity index is 210. The predicted octanol–water partition coefficient (Wildman–Crippen LogP) is 5.40. The van der Waals surface area contributed by atoms with Gasteiger partial charge in [-0.15, -0.1) is 0 Å². The lowest BCUT2D eigenvalue weighted by molar-refractivity contribution is 0.351. The molecule has 1 saturated heterocycles. The molecule has 4 atom stereocenters. The van der Waals surface area contributed by atoms with E-state index in [0.717, 1.165) is 23.8 Å². The fraction of sp³-hybridized carbons (Fsp3) is 1.00. The molecule has 0 bridgehead atoms. The van der Waals surface area contributed by atoms with Gasteiger partial charge in [0.1, 0.15) is 0 Å². The average Bonchev–Trinajstić information content (AvgIpc) is 3.13. The van der Waals surface area contributed by atoms with Crippen molar-refractivity contribution < 1.29 is 0 Å². The number of rotatable bonds is 12. The van der Waals surface area contributed by atoms with E-state index >= 15 is 0 Å². The Morgan fingerprint density at radius 2 is 1.53 bits per heavy atom. The summed E-state index contributed by atoms with van der Waals surface area (Å²) in [4.78, 5) is 0. The van der Waals surface area contributed by atoms with Crippen molar-refractivity contribution in [1.82, 2.24) is 5.32 Å². The van der Waals surface area contributed by atoms with Gasteiger partial charge in [0.2, 0.25) is 0 Å². The minimum atomic E-state index is 0.862. The summed E-state index contributed by atoms with van der Waals surface area (Å²) in [5, 5.41) is 3.42. The first-order chi connectivity index (χ1) is 9.11. The summed E-state index contributed by atoms with van der Waals surface area (Å²) in [5.74, 6) is 2.79. The van der Waals surface area contributed by atoms with Crippen LogP contribution in [0.5, 0.6) is 0 Å². The molecule has 4 unspecified atom stereocenters. The van der Waals surface area contributed by atoms with Crippen molar-refractivity contribution in [3.8, 4) is 0 Å². The van der Waals surface area contributed by atoms with Crippen LogP contribution >= 0.6 is 0 Å². The van der Waals surface area contributed by atoms with Crippen LogP contribution in [0.4, 0.5) is 0 Å². The molecule has 0 saturated carbocycles. The summed E-state index contributed by atoms with van der Waals surface area (Å²) in [5.41, 5.74) is 0. The fourth-order valence-electron chi connectivity index (χ4n) is 3.34. The molecule has 1 heteroatoms. The van der Waals surface area contributed by atoms with Gasteiger partial charge >= 0.3 is 0 Å². The van der Waals surface area contributed by atoms with Crippen LogP contribution in [0.2, 0.25) is 0 Å². The van der Waals surface area contributed by atoms with Crippen molar-refractivity contribution in [2.75, 3.05) is 6.54 Å². The summed E-state index contributed by atoms with van der Waals surface area (Å²) in [6.07, 6.45) is 12.9. The quantitative estimate of drug-likeness (QED) is 0.371. The lowest BCUT2D eigenvalue weighted by Crippen LogP contribution is -2.07. The molecule has 1 aliphatic rings. The van der Waals surface area contributed by atoms with Crippen molar-refractivity contribution in [2.24, 2.45) is 17.8 Å². The Morgan fingerprint density at radius 3 is 2.16 bits per heavy atom. The summed E-state index contributed by atoms with van der Waals surface area (Å²) in [6.45, 7) is 10.9. The molecule has 0 aromatic rings. The third-order valence-corrected chi connectivity index (χ3v) is 4.68. The lowest BCUT2D eigenvalue weighted by Gasteiger charge is -2.18. The minimum absolute atomic E-state index is 0.862. The van der Waals surface area contributed by atoms with Crippen molar-refractivity contribution >= 4 is 0 Å². The molecule has 0 aromatic carbocycles. The van der Waals surface area contributed by atoms with E-state index in [1.54, 1.807) is 0 Å². The first-order valence-electron chi connectivity index (χ1n) is 8.85. The Morgan fingerprint density at radius 1 is 0.895 bits per heavy atom. The molecule has 1 nitrogen and oxygen atoms in total. The zero-order valence-electron chi connectivity index (χ0n) is 13.9. The van der Waals surface area contributed by atoms with E-state index in [1.807, 2.05) is 0 Å². The highest BCUT2D eigenvalue weighted by Gasteiger charge is 2.23. The van der Waals surface area contributed by atoms with Crippen LogP contribution < -0.4 is 5.32 Å². The number of nitrogens with one attached hydrogen (secondary N) is 1. The molecule has 0 aliphatic carbocycles. The second kappa shape index (κ2) is 9.80. The first-order valence-corrected chi connectivity index (χ1v) is 8.85. The molecule has 1 heterocycles. The van der Waals surface area contributed by atoms with E-state index < -0.39 is 0 Å². The van der Waals surface area contributed by atoms with Crippen LogP contribution in [0.1, 0.15) is 85.5 Å². The normalized spacial score (nSPS) is 23.1. The van der Waals surface area contributed by atoms with Crippen molar-refractivity contribution in [1.29, 1.82) is 0 Å². The number of hydrogen-bond acceptors (Lipinski definition) is 1. The van der Waals surface area contributed by atoms with Gasteiger partial charge in [-0.3, -0.25) is 0 Å². The smallest absolute Gasteiger partial charge is 0.0195 e. The van der Waals surface area contributed by atoms with Gasteiger partial charge in [-0.05, 0) is 30.6 Å². The second-order valence-electron chi connectivity index (χ2n) is 7.32. The van der Waals surface area contributed by atoms with Gasteiger partial charge in [-0.1, -0.05) is 72.6 Å². The van der Waals surface area contributed by atoms with E-state index in [-0.39, 0.29) is 0 Å². The van der Waals surface area contributed by atoms with Crippen LogP contribution in [0.25, 0.3) is 0 Å². The molecule has 0 amide bonds. The maximum absolute atomic E-state index is 3.42. The van der Waals surface area contributed by atoms with Crippen molar-refractivity contribution in [2.45, 2.75) is 91.5 Å². The topological polar surface area (TPSA) is 21.9 Å². The largest absolute Gasteiger partial charge is 0.311 e. The summed E-state index contributed by atoms with van der Waals surface area (Å²) < 4.78 is 0. The molecule has 0 spiro atoms. The molecule has 1 rings (SSSR count). The zero-order chi connectivity index (χ0) is 14.1. The standard InChI is InChI=1S/C18H37N/c1-5-6-7-9-15(2)10-8-11-16(3)12-17(4)13-18-14-19-18/h15-19H,5-14H2,1-4H3. The van der Waals surface area contributed by atoms with E-state index in [0.29, 0.717) is 0 Å². The summed E-state index contributed by atoms with van der Waals surface area (Å²) >= 11 is 0. The van der Waals surface area contributed by atoms with Gasteiger partial charge in [-0.25, -0.2) is 0 Å². The molecule has 19 heavy (non-hydrogen) atoms.